The maximum absolute atomic E-state index is 12.6. The van der Waals surface area contributed by atoms with Gasteiger partial charge in [-0.2, -0.15) is 10.1 Å². The average Bonchev–Trinajstić information content (AvgIpc) is 3.40. The summed E-state index contributed by atoms with van der Waals surface area (Å²) in [6, 6.07) is 14.8. The Bertz CT molecular complexity index is 1390. The number of carbonyl (C=O) groups excluding carboxylic acids is 2. The zero-order valence-corrected chi connectivity index (χ0v) is 20.4. The van der Waals surface area contributed by atoms with E-state index in [1.807, 2.05) is 36.0 Å². The molecule has 3 amide bonds. The predicted octanol–water partition coefficient (Wildman–Crippen LogP) is 4.06. The Morgan fingerprint density at radius 1 is 1.03 bits per heavy atom. The molecule has 0 fully saturated rings. The largest absolute Gasteiger partial charge is 0.388 e. The Labute approximate surface area is 201 Å². The van der Waals surface area contributed by atoms with Crippen LogP contribution in [0, 0.1) is 13.8 Å². The van der Waals surface area contributed by atoms with Gasteiger partial charge in [0.15, 0.2) is 0 Å². The minimum absolute atomic E-state index is 0.0634. The van der Waals surface area contributed by atoms with Crippen LogP contribution >= 0.6 is 11.3 Å². The lowest BCUT2D eigenvalue weighted by atomic mass is 10.1. The van der Waals surface area contributed by atoms with Crippen LogP contribution in [-0.4, -0.2) is 33.1 Å². The van der Waals surface area contributed by atoms with Crippen LogP contribution in [0.2, 0.25) is 0 Å². The van der Waals surface area contributed by atoms with Crippen molar-refractivity contribution in [2.24, 2.45) is 5.10 Å². The molecule has 0 aliphatic carbocycles. The second-order valence-electron chi connectivity index (χ2n) is 7.68. The van der Waals surface area contributed by atoms with Gasteiger partial charge in [0.1, 0.15) is 4.21 Å². The van der Waals surface area contributed by atoms with Gasteiger partial charge >= 0.3 is 6.03 Å². The van der Waals surface area contributed by atoms with E-state index in [9.17, 15) is 18.0 Å². The highest BCUT2D eigenvalue weighted by atomic mass is 32.2. The van der Waals surface area contributed by atoms with Crippen LogP contribution in [0.5, 0.6) is 0 Å². The number of carbonyl (C=O) groups is 2. The second-order valence-corrected chi connectivity index (χ2v) is 10.9. The average molecular weight is 498 g/mol. The van der Waals surface area contributed by atoms with Crippen LogP contribution in [0.4, 0.5) is 21.9 Å². The van der Waals surface area contributed by atoms with Crippen LogP contribution in [0.1, 0.15) is 22.4 Å². The van der Waals surface area contributed by atoms with Gasteiger partial charge in [-0.05, 0) is 67.4 Å². The molecule has 11 heteroatoms. The molecule has 176 valence electrons. The Balaban J connectivity index is 1.47. The lowest BCUT2D eigenvalue weighted by Gasteiger charge is -2.16. The topological polar surface area (TPSA) is 120 Å². The Hall–Kier alpha value is -3.70. The Kier molecular flexibility index (Phi) is 6.40. The molecule has 4 rings (SSSR count). The Morgan fingerprint density at radius 2 is 1.74 bits per heavy atom. The SMILES string of the molecule is CNc1ccc(C2=NN(c3ccc(NC(=O)NS(=O)(=O)c4ccc(C)s4)cc3C)C(=O)C2)cc1. The molecule has 34 heavy (non-hydrogen) atoms. The molecule has 3 aromatic rings. The fraction of sp³-hybridized carbons (Fsp3) is 0.174. The summed E-state index contributed by atoms with van der Waals surface area (Å²) < 4.78 is 26.7. The van der Waals surface area contributed by atoms with E-state index in [1.54, 1.807) is 38.1 Å². The van der Waals surface area contributed by atoms with Crippen LogP contribution in [0.15, 0.2) is 63.9 Å². The summed E-state index contributed by atoms with van der Waals surface area (Å²) in [7, 11) is -2.12. The molecule has 0 spiro atoms. The van der Waals surface area contributed by atoms with Gasteiger partial charge in [0, 0.05) is 23.3 Å². The fourth-order valence-corrected chi connectivity index (χ4v) is 5.65. The number of thiophene rings is 1. The Morgan fingerprint density at radius 3 is 2.35 bits per heavy atom. The number of benzene rings is 2. The molecule has 0 unspecified atom stereocenters. The van der Waals surface area contributed by atoms with Crippen molar-refractivity contribution in [3.63, 3.8) is 0 Å². The van der Waals surface area contributed by atoms with Crippen molar-refractivity contribution >= 4 is 56.1 Å². The molecular formula is C23H23N5O4S2. The summed E-state index contributed by atoms with van der Waals surface area (Å²) in [6.45, 7) is 3.57. The summed E-state index contributed by atoms with van der Waals surface area (Å²) >= 11 is 1.08. The van der Waals surface area contributed by atoms with Gasteiger partial charge in [-0.3, -0.25) is 4.79 Å². The van der Waals surface area contributed by atoms with E-state index in [-0.39, 0.29) is 16.5 Å². The van der Waals surface area contributed by atoms with Crippen molar-refractivity contribution in [2.45, 2.75) is 24.5 Å². The van der Waals surface area contributed by atoms with Crippen molar-refractivity contribution in [1.82, 2.24) is 4.72 Å². The number of sulfonamides is 1. The summed E-state index contributed by atoms with van der Waals surface area (Å²) in [5, 5.41) is 11.4. The zero-order chi connectivity index (χ0) is 24.5. The number of aryl methyl sites for hydroxylation is 2. The van der Waals surface area contributed by atoms with E-state index in [1.165, 1.54) is 11.1 Å². The quantitative estimate of drug-likeness (QED) is 0.474. The first-order valence-corrected chi connectivity index (χ1v) is 12.7. The van der Waals surface area contributed by atoms with Crippen LogP contribution < -0.4 is 20.4 Å². The fourth-order valence-electron chi connectivity index (χ4n) is 3.46. The van der Waals surface area contributed by atoms with Gasteiger partial charge in [-0.15, -0.1) is 11.3 Å². The molecule has 2 heterocycles. The molecule has 0 bridgehead atoms. The molecule has 1 aromatic heterocycles. The van der Waals surface area contributed by atoms with Gasteiger partial charge < -0.3 is 10.6 Å². The highest BCUT2D eigenvalue weighted by molar-refractivity contribution is 7.92. The number of nitrogens with one attached hydrogen (secondary N) is 3. The molecule has 0 atom stereocenters. The molecule has 0 saturated heterocycles. The minimum Gasteiger partial charge on any atom is -0.388 e. The monoisotopic (exact) mass is 497 g/mol. The summed E-state index contributed by atoms with van der Waals surface area (Å²) in [6.07, 6.45) is 0.181. The lowest BCUT2D eigenvalue weighted by Crippen LogP contribution is -2.34. The molecule has 3 N–H and O–H groups in total. The van der Waals surface area contributed by atoms with Gasteiger partial charge in [0.25, 0.3) is 15.9 Å². The van der Waals surface area contributed by atoms with Gasteiger partial charge in [-0.1, -0.05) is 12.1 Å². The van der Waals surface area contributed by atoms with Gasteiger partial charge in [0.2, 0.25) is 0 Å². The molecular weight excluding hydrogens is 474 g/mol. The van der Waals surface area contributed by atoms with Crippen molar-refractivity contribution in [2.75, 3.05) is 22.7 Å². The highest BCUT2D eigenvalue weighted by Gasteiger charge is 2.27. The number of hydrogen-bond acceptors (Lipinski definition) is 7. The maximum Gasteiger partial charge on any atom is 0.333 e. The standard InChI is InChI=1S/C23H23N5O4S2/c1-14-12-18(25-23(30)27-34(31,32)22-11-4-15(2)33-22)9-10-20(14)28-21(29)13-19(26-28)16-5-7-17(24-3)8-6-16/h4-12,24H,13H2,1-3H3,(H2,25,27,30). The molecule has 0 radical (unpaired) electrons. The zero-order valence-electron chi connectivity index (χ0n) is 18.7. The third-order valence-electron chi connectivity index (χ3n) is 5.17. The maximum atomic E-state index is 12.6. The lowest BCUT2D eigenvalue weighted by molar-refractivity contribution is -0.116. The molecule has 2 aromatic carbocycles. The number of urea groups is 1. The van der Waals surface area contributed by atoms with Crippen molar-refractivity contribution in [1.29, 1.82) is 0 Å². The first kappa shape index (κ1) is 23.5. The first-order valence-electron chi connectivity index (χ1n) is 10.4. The molecule has 9 nitrogen and oxygen atoms in total. The second kappa shape index (κ2) is 9.27. The molecule has 1 aliphatic rings. The van der Waals surface area contributed by atoms with E-state index < -0.39 is 16.1 Å². The normalized spacial score (nSPS) is 13.6. The minimum atomic E-state index is -3.95. The van der Waals surface area contributed by atoms with Crippen LogP contribution in [0.25, 0.3) is 0 Å². The predicted molar refractivity (Wildman–Crippen MR) is 134 cm³/mol. The van der Waals surface area contributed by atoms with Crippen LogP contribution in [-0.2, 0) is 14.8 Å². The van der Waals surface area contributed by atoms with Gasteiger partial charge in [0.05, 0.1) is 17.8 Å². The molecule has 1 aliphatic heterocycles. The van der Waals surface area contributed by atoms with Gasteiger partial charge in [-0.25, -0.2) is 17.9 Å². The summed E-state index contributed by atoms with van der Waals surface area (Å²) in [5.41, 5.74) is 4.16. The number of hydrogen-bond donors (Lipinski definition) is 3. The summed E-state index contributed by atoms with van der Waals surface area (Å²) in [5.74, 6) is -0.161. The number of hydrazone groups is 1. The first-order chi connectivity index (χ1) is 16.2. The third-order valence-corrected chi connectivity index (χ3v) is 8.00. The van der Waals surface area contributed by atoms with E-state index >= 15 is 0 Å². The highest BCUT2D eigenvalue weighted by Crippen LogP contribution is 2.29. The van der Waals surface area contributed by atoms with Crippen molar-refractivity contribution in [3.05, 3.63) is 70.6 Å². The van der Waals surface area contributed by atoms with Crippen LogP contribution in [0.3, 0.4) is 0 Å². The van der Waals surface area contributed by atoms with E-state index in [0.29, 0.717) is 22.6 Å². The van der Waals surface area contributed by atoms with Crippen molar-refractivity contribution in [3.8, 4) is 0 Å². The smallest absolute Gasteiger partial charge is 0.333 e. The molecule has 0 saturated carbocycles. The van der Waals surface area contributed by atoms with E-state index in [4.69, 9.17) is 0 Å². The van der Waals surface area contributed by atoms with E-state index in [0.717, 1.165) is 27.5 Å². The summed E-state index contributed by atoms with van der Waals surface area (Å²) in [4.78, 5) is 25.7. The van der Waals surface area contributed by atoms with Crippen molar-refractivity contribution < 1.29 is 18.0 Å². The number of nitrogens with zero attached hydrogens (tertiary/aromatic N) is 2. The van der Waals surface area contributed by atoms with E-state index in [2.05, 4.69) is 15.7 Å². The number of amides is 3. The third kappa shape index (κ3) is 4.95. The number of rotatable bonds is 6. The number of anilines is 3.